The number of fused-ring (bicyclic) bond motifs is 1. The van der Waals surface area contributed by atoms with Crippen LogP contribution in [0, 0.1) is 12.7 Å². The number of amides is 1. The highest BCUT2D eigenvalue weighted by molar-refractivity contribution is 5.78. The molecule has 0 atom stereocenters. The van der Waals surface area contributed by atoms with Crippen molar-refractivity contribution in [3.63, 3.8) is 0 Å². The number of carbonyl (C=O) groups is 1. The maximum absolute atomic E-state index is 12.9. The summed E-state index contributed by atoms with van der Waals surface area (Å²) in [6.07, 6.45) is 2.81. The number of aromatic nitrogens is 4. The highest BCUT2D eigenvalue weighted by Crippen LogP contribution is 2.16. The van der Waals surface area contributed by atoms with Gasteiger partial charge in [-0.2, -0.15) is 5.10 Å². The van der Waals surface area contributed by atoms with Gasteiger partial charge >= 0.3 is 0 Å². The molecule has 0 aliphatic carbocycles. The fraction of sp³-hybridized carbons (Fsp3) is 0.143. The van der Waals surface area contributed by atoms with Crippen molar-refractivity contribution in [2.75, 3.05) is 0 Å². The van der Waals surface area contributed by atoms with E-state index in [1.54, 1.807) is 16.8 Å². The van der Waals surface area contributed by atoms with Gasteiger partial charge < -0.3 is 5.32 Å². The number of hydrogen-bond donors (Lipinski definition) is 1. The Morgan fingerprint density at radius 2 is 1.90 bits per heavy atom. The molecule has 7 nitrogen and oxygen atoms in total. The predicted molar refractivity (Wildman–Crippen MR) is 106 cm³/mol. The largest absolute Gasteiger partial charge is 0.350 e. The molecule has 0 radical (unpaired) electrons. The maximum atomic E-state index is 12.9. The molecule has 0 spiro atoms. The van der Waals surface area contributed by atoms with E-state index in [2.05, 4.69) is 15.4 Å². The van der Waals surface area contributed by atoms with Crippen LogP contribution in [0.5, 0.6) is 0 Å². The average Bonchev–Trinajstić information content (AvgIpc) is 3.15. The van der Waals surface area contributed by atoms with Crippen molar-refractivity contribution in [1.82, 2.24) is 24.6 Å². The normalized spacial score (nSPS) is 11.0. The lowest BCUT2D eigenvalue weighted by Crippen LogP contribution is -2.32. The Labute approximate surface area is 165 Å². The molecule has 146 valence electrons. The van der Waals surface area contributed by atoms with Crippen LogP contribution in [0.2, 0.25) is 0 Å². The predicted octanol–water partition coefficient (Wildman–Crippen LogP) is 2.35. The zero-order valence-electron chi connectivity index (χ0n) is 15.7. The molecular formula is C21H18FN5O2. The number of nitrogens with one attached hydrogen (secondary N) is 1. The summed E-state index contributed by atoms with van der Waals surface area (Å²) in [5.41, 5.74) is 2.70. The molecule has 0 bridgehead atoms. The molecule has 1 amide bonds. The molecule has 0 saturated carbocycles. The molecule has 0 saturated heterocycles. The molecule has 0 fully saturated rings. The van der Waals surface area contributed by atoms with Gasteiger partial charge in [0.1, 0.15) is 24.1 Å². The van der Waals surface area contributed by atoms with Crippen LogP contribution in [0.25, 0.3) is 16.7 Å². The minimum absolute atomic E-state index is 0.168. The molecular weight excluding hydrogens is 373 g/mol. The molecule has 2 aromatic carbocycles. The maximum Gasteiger partial charge on any atom is 0.264 e. The minimum atomic E-state index is -0.344. The van der Waals surface area contributed by atoms with E-state index in [1.807, 2.05) is 31.2 Å². The van der Waals surface area contributed by atoms with Gasteiger partial charge in [-0.1, -0.05) is 30.3 Å². The third-order valence-corrected chi connectivity index (χ3v) is 4.62. The number of halogens is 1. The van der Waals surface area contributed by atoms with Gasteiger partial charge in [-0.05, 0) is 36.2 Å². The van der Waals surface area contributed by atoms with Crippen molar-refractivity contribution in [3.8, 4) is 5.69 Å². The quantitative estimate of drug-likeness (QED) is 0.566. The monoisotopic (exact) mass is 391 g/mol. The second-order valence-corrected chi connectivity index (χ2v) is 6.66. The van der Waals surface area contributed by atoms with E-state index in [4.69, 9.17) is 0 Å². The Kier molecular flexibility index (Phi) is 4.90. The lowest BCUT2D eigenvalue weighted by molar-refractivity contribution is -0.121. The first-order valence-electron chi connectivity index (χ1n) is 9.03. The van der Waals surface area contributed by atoms with Gasteiger partial charge in [0.05, 0.1) is 11.9 Å². The molecule has 0 aliphatic rings. The van der Waals surface area contributed by atoms with Crippen molar-refractivity contribution in [3.05, 3.63) is 88.4 Å². The number of carbonyl (C=O) groups excluding carboxylic acids is 1. The van der Waals surface area contributed by atoms with Crippen molar-refractivity contribution < 1.29 is 9.18 Å². The first-order chi connectivity index (χ1) is 14.0. The van der Waals surface area contributed by atoms with Crippen LogP contribution in [0.15, 0.2) is 65.8 Å². The molecule has 8 heteroatoms. The molecule has 4 aromatic rings. The van der Waals surface area contributed by atoms with Gasteiger partial charge in [-0.15, -0.1) is 0 Å². The van der Waals surface area contributed by atoms with Gasteiger partial charge in [0, 0.05) is 6.54 Å². The summed E-state index contributed by atoms with van der Waals surface area (Å²) in [6, 6.07) is 13.5. The van der Waals surface area contributed by atoms with Crippen LogP contribution >= 0.6 is 0 Å². The second kappa shape index (κ2) is 7.67. The fourth-order valence-electron chi connectivity index (χ4n) is 3.05. The van der Waals surface area contributed by atoms with Crippen LogP contribution < -0.4 is 10.9 Å². The second-order valence-electron chi connectivity index (χ2n) is 6.66. The van der Waals surface area contributed by atoms with Crippen molar-refractivity contribution in [2.24, 2.45) is 0 Å². The lowest BCUT2D eigenvalue weighted by atomic mass is 10.2. The number of hydrogen-bond acceptors (Lipinski definition) is 4. The SMILES string of the molecule is Cc1ccccc1-n1ncc2c(=O)n(CC(=O)NCc3ccc(F)cc3)cnc21. The first-order valence-corrected chi connectivity index (χ1v) is 9.03. The van der Waals surface area contributed by atoms with Gasteiger partial charge in [-0.25, -0.2) is 14.1 Å². The van der Waals surface area contributed by atoms with Gasteiger partial charge in [0.2, 0.25) is 5.91 Å². The fourth-order valence-corrected chi connectivity index (χ4v) is 3.05. The number of benzene rings is 2. The van der Waals surface area contributed by atoms with Crippen LogP contribution in [-0.4, -0.2) is 25.2 Å². The summed E-state index contributed by atoms with van der Waals surface area (Å²) < 4.78 is 15.8. The highest BCUT2D eigenvalue weighted by atomic mass is 19.1. The molecule has 2 aromatic heterocycles. The van der Waals surface area contributed by atoms with Crippen molar-refractivity contribution in [2.45, 2.75) is 20.0 Å². The summed E-state index contributed by atoms with van der Waals surface area (Å²) in [5.74, 6) is -0.680. The van der Waals surface area contributed by atoms with Crippen LogP contribution in [0.1, 0.15) is 11.1 Å². The number of nitrogens with zero attached hydrogens (tertiary/aromatic N) is 4. The number of para-hydroxylation sites is 1. The van der Waals surface area contributed by atoms with Gasteiger partial charge in [-0.3, -0.25) is 14.2 Å². The Hall–Kier alpha value is -3.81. The molecule has 4 rings (SSSR count). The average molecular weight is 391 g/mol. The first kappa shape index (κ1) is 18.5. The zero-order valence-corrected chi connectivity index (χ0v) is 15.7. The Morgan fingerprint density at radius 1 is 1.14 bits per heavy atom. The number of rotatable bonds is 5. The Morgan fingerprint density at radius 3 is 2.66 bits per heavy atom. The van der Waals surface area contributed by atoms with Crippen molar-refractivity contribution >= 4 is 16.9 Å². The third-order valence-electron chi connectivity index (χ3n) is 4.62. The third kappa shape index (κ3) is 3.77. The van der Waals surface area contributed by atoms with E-state index in [1.165, 1.54) is 29.2 Å². The summed E-state index contributed by atoms with van der Waals surface area (Å²) in [6.45, 7) is 2.03. The smallest absolute Gasteiger partial charge is 0.264 e. The summed E-state index contributed by atoms with van der Waals surface area (Å²) in [5, 5.41) is 7.35. The molecule has 29 heavy (non-hydrogen) atoms. The van der Waals surface area contributed by atoms with Gasteiger partial charge in [0.15, 0.2) is 5.65 Å². The highest BCUT2D eigenvalue weighted by Gasteiger charge is 2.14. The molecule has 2 heterocycles. The summed E-state index contributed by atoms with van der Waals surface area (Å²) in [7, 11) is 0. The molecule has 0 aliphatic heterocycles. The van der Waals surface area contributed by atoms with Gasteiger partial charge in [0.25, 0.3) is 5.56 Å². The molecule has 1 N–H and O–H groups in total. The topological polar surface area (TPSA) is 81.8 Å². The molecule has 0 unspecified atom stereocenters. The zero-order chi connectivity index (χ0) is 20.4. The Bertz CT molecular complexity index is 1240. The van der Waals surface area contributed by atoms with E-state index in [0.717, 1.165) is 16.8 Å². The number of aryl methyl sites for hydroxylation is 1. The Balaban J connectivity index is 1.54. The van der Waals surface area contributed by atoms with Crippen LogP contribution in [0.4, 0.5) is 4.39 Å². The van der Waals surface area contributed by atoms with E-state index >= 15 is 0 Å². The van der Waals surface area contributed by atoms with Crippen LogP contribution in [-0.2, 0) is 17.9 Å². The van der Waals surface area contributed by atoms with E-state index in [0.29, 0.717) is 11.0 Å². The standard InChI is InChI=1S/C21H18FN5O2/c1-14-4-2-3-5-18(14)27-20-17(11-25-27)21(29)26(13-24-20)12-19(28)23-10-15-6-8-16(22)9-7-15/h2-9,11,13H,10,12H2,1H3,(H,23,28). The van der Waals surface area contributed by atoms with Crippen LogP contribution in [0.3, 0.4) is 0 Å². The van der Waals surface area contributed by atoms with E-state index < -0.39 is 0 Å². The summed E-state index contributed by atoms with van der Waals surface area (Å²) >= 11 is 0. The van der Waals surface area contributed by atoms with Crippen molar-refractivity contribution in [1.29, 1.82) is 0 Å². The minimum Gasteiger partial charge on any atom is -0.350 e. The van der Waals surface area contributed by atoms with E-state index in [9.17, 15) is 14.0 Å². The lowest BCUT2D eigenvalue weighted by Gasteiger charge is -2.09. The summed E-state index contributed by atoms with van der Waals surface area (Å²) in [4.78, 5) is 29.3. The van der Waals surface area contributed by atoms with E-state index in [-0.39, 0.29) is 30.4 Å².